The number of nitrogen functional groups attached to an aromatic ring is 1. The van der Waals surface area contributed by atoms with E-state index in [-0.39, 0.29) is 36.1 Å². The molecule has 0 aliphatic carbocycles. The van der Waals surface area contributed by atoms with Crippen LogP contribution in [0.5, 0.6) is 0 Å². The molecule has 0 bridgehead atoms. The van der Waals surface area contributed by atoms with E-state index in [0.29, 0.717) is 5.65 Å². The van der Waals surface area contributed by atoms with Crippen molar-refractivity contribution in [1.82, 2.24) is 14.6 Å². The van der Waals surface area contributed by atoms with Gasteiger partial charge in [-0.25, -0.2) is 4.98 Å². The molecule has 0 aliphatic rings. The van der Waals surface area contributed by atoms with E-state index in [1.165, 1.54) is 10.7 Å². The molecule has 72 valence electrons. The van der Waals surface area contributed by atoms with Gasteiger partial charge in [0.05, 0.1) is 6.20 Å². The zero-order valence-electron chi connectivity index (χ0n) is 6.43. The zero-order chi connectivity index (χ0) is 7.84. The molecule has 7 heteroatoms. The lowest BCUT2D eigenvalue weighted by Crippen LogP contribution is -2.18. The lowest BCUT2D eigenvalue weighted by atomic mass is 10.5. The second-order valence-corrected chi connectivity index (χ2v) is 2.17. The highest BCUT2D eigenvalue weighted by atomic mass is 35.5. The highest BCUT2D eigenvalue weighted by Crippen LogP contribution is 1.94. The molecule has 0 atom stereocenters. The van der Waals surface area contributed by atoms with Crippen molar-refractivity contribution in [2.24, 2.45) is 0 Å². The van der Waals surface area contributed by atoms with Gasteiger partial charge in [-0.2, -0.15) is 4.52 Å². The van der Waals surface area contributed by atoms with E-state index < -0.39 is 0 Å². The van der Waals surface area contributed by atoms with Crippen LogP contribution in [0.3, 0.4) is 0 Å². The number of nitrogens with two attached hydrogens (primary N) is 1. The van der Waals surface area contributed by atoms with Crippen LogP contribution >= 0.6 is 24.8 Å². The van der Waals surface area contributed by atoms with Crippen molar-refractivity contribution in [3.8, 4) is 0 Å². The van der Waals surface area contributed by atoms with Crippen LogP contribution in [-0.4, -0.2) is 14.6 Å². The second-order valence-electron chi connectivity index (χ2n) is 2.17. The third kappa shape index (κ3) is 1.76. The molecule has 0 spiro atoms. The fourth-order valence-corrected chi connectivity index (χ4v) is 0.910. The van der Waals surface area contributed by atoms with Crippen LogP contribution < -0.4 is 11.3 Å². The smallest absolute Gasteiger partial charge is 0.295 e. The number of halogens is 2. The third-order valence-corrected chi connectivity index (χ3v) is 1.45. The Kier molecular flexibility index (Phi) is 3.77. The highest BCUT2D eigenvalue weighted by molar-refractivity contribution is 5.85. The lowest BCUT2D eigenvalue weighted by molar-refractivity contribution is 0.903. The monoisotopic (exact) mass is 222 g/mol. The summed E-state index contributed by atoms with van der Waals surface area (Å²) in [7, 11) is 0. The van der Waals surface area contributed by atoms with Crippen LogP contribution in [0.1, 0.15) is 0 Å². The van der Waals surface area contributed by atoms with E-state index in [4.69, 9.17) is 5.73 Å². The van der Waals surface area contributed by atoms with Gasteiger partial charge in [0.2, 0.25) is 0 Å². The number of anilines is 1. The molecule has 0 unspecified atom stereocenters. The van der Waals surface area contributed by atoms with Crippen molar-refractivity contribution in [3.05, 3.63) is 28.8 Å². The van der Waals surface area contributed by atoms with E-state index >= 15 is 0 Å². The molecular weight excluding hydrogens is 215 g/mol. The van der Waals surface area contributed by atoms with E-state index in [1.54, 1.807) is 12.3 Å². The number of hydrogen-bond donors (Lipinski definition) is 2. The summed E-state index contributed by atoms with van der Waals surface area (Å²) in [6, 6.07) is 1.70. The van der Waals surface area contributed by atoms with Crippen LogP contribution in [0.15, 0.2) is 23.3 Å². The SMILES string of the molecule is Cl.Cl.Nc1cnc2cc[nH]n2c1=O. The molecule has 2 aromatic rings. The maximum atomic E-state index is 11.2. The largest absolute Gasteiger partial charge is 0.393 e. The molecule has 2 aromatic heterocycles. The number of H-pyrrole nitrogens is 1. The summed E-state index contributed by atoms with van der Waals surface area (Å²) in [6.07, 6.45) is 2.98. The second kappa shape index (κ2) is 4.15. The predicted molar refractivity (Wildman–Crippen MR) is 54.7 cm³/mol. The molecule has 2 heterocycles. The van der Waals surface area contributed by atoms with Crippen molar-refractivity contribution >= 4 is 36.1 Å². The first-order chi connectivity index (χ1) is 5.29. The summed E-state index contributed by atoms with van der Waals surface area (Å²) < 4.78 is 1.29. The first-order valence-corrected chi connectivity index (χ1v) is 3.09. The van der Waals surface area contributed by atoms with Gasteiger partial charge in [0.25, 0.3) is 5.56 Å². The minimum Gasteiger partial charge on any atom is -0.393 e. The van der Waals surface area contributed by atoms with E-state index in [0.717, 1.165) is 0 Å². The molecule has 0 aliphatic heterocycles. The maximum Gasteiger partial charge on any atom is 0.295 e. The first kappa shape index (κ1) is 11.8. The van der Waals surface area contributed by atoms with Gasteiger partial charge in [-0.1, -0.05) is 0 Å². The van der Waals surface area contributed by atoms with E-state index in [2.05, 4.69) is 10.1 Å². The Hall–Kier alpha value is -1.20. The minimum atomic E-state index is -0.264. The van der Waals surface area contributed by atoms with Gasteiger partial charge in [-0.05, 0) is 0 Å². The Morgan fingerprint density at radius 3 is 2.85 bits per heavy atom. The summed E-state index contributed by atoms with van der Waals surface area (Å²) in [5.74, 6) is 0. The van der Waals surface area contributed by atoms with Gasteiger partial charge in [-0.15, -0.1) is 24.8 Å². The zero-order valence-corrected chi connectivity index (χ0v) is 8.06. The Morgan fingerprint density at radius 2 is 2.15 bits per heavy atom. The fraction of sp³-hybridized carbons (Fsp3) is 0. The van der Waals surface area contributed by atoms with Crippen molar-refractivity contribution < 1.29 is 0 Å². The molecule has 0 radical (unpaired) electrons. The summed E-state index contributed by atoms with van der Waals surface area (Å²) in [5, 5.41) is 2.69. The maximum absolute atomic E-state index is 11.2. The van der Waals surface area contributed by atoms with Gasteiger partial charge >= 0.3 is 0 Å². The van der Waals surface area contributed by atoms with Gasteiger partial charge in [0, 0.05) is 12.3 Å². The van der Waals surface area contributed by atoms with Crippen LogP contribution in [-0.2, 0) is 0 Å². The van der Waals surface area contributed by atoms with E-state index in [1.807, 2.05) is 0 Å². The molecule has 0 aromatic carbocycles. The van der Waals surface area contributed by atoms with Crippen LogP contribution in [0.25, 0.3) is 5.65 Å². The van der Waals surface area contributed by atoms with Gasteiger partial charge in [0.1, 0.15) is 5.69 Å². The van der Waals surface area contributed by atoms with Gasteiger partial charge in [-0.3, -0.25) is 9.89 Å². The molecule has 0 amide bonds. The van der Waals surface area contributed by atoms with Crippen molar-refractivity contribution in [2.75, 3.05) is 5.73 Å². The van der Waals surface area contributed by atoms with Crippen LogP contribution in [0, 0.1) is 0 Å². The third-order valence-electron chi connectivity index (χ3n) is 1.45. The number of rotatable bonds is 0. The normalized spacial score (nSPS) is 8.92. The van der Waals surface area contributed by atoms with Gasteiger partial charge < -0.3 is 5.73 Å². The summed E-state index contributed by atoms with van der Waals surface area (Å²) in [5.41, 5.74) is 5.78. The number of hydrogen-bond acceptors (Lipinski definition) is 3. The summed E-state index contributed by atoms with van der Waals surface area (Å²) >= 11 is 0. The van der Waals surface area contributed by atoms with E-state index in [9.17, 15) is 4.79 Å². The van der Waals surface area contributed by atoms with Crippen LogP contribution in [0.2, 0.25) is 0 Å². The lowest BCUT2D eigenvalue weighted by Gasteiger charge is -1.92. The average Bonchev–Trinajstić information content (AvgIpc) is 2.45. The Balaban J connectivity index is 0.000000720. The number of aromatic nitrogens is 3. The Morgan fingerprint density at radius 1 is 1.46 bits per heavy atom. The molecule has 0 fully saturated rings. The standard InChI is InChI=1S/C6H6N4O.2ClH/c7-4-3-8-5-1-2-9-10(5)6(4)11;;/h1-3,9H,7H2;2*1H. The quantitative estimate of drug-likeness (QED) is 0.680. The van der Waals surface area contributed by atoms with Crippen molar-refractivity contribution in [2.45, 2.75) is 0 Å². The average molecular weight is 223 g/mol. The topological polar surface area (TPSA) is 76.2 Å². The number of fused-ring (bicyclic) bond motifs is 1. The Bertz CT molecular complexity index is 449. The van der Waals surface area contributed by atoms with Crippen molar-refractivity contribution in [3.63, 3.8) is 0 Å². The summed E-state index contributed by atoms with van der Waals surface area (Å²) in [6.45, 7) is 0. The van der Waals surface area contributed by atoms with Crippen molar-refractivity contribution in [1.29, 1.82) is 0 Å². The molecule has 2 rings (SSSR count). The molecule has 3 N–H and O–H groups in total. The minimum absolute atomic E-state index is 0. The predicted octanol–water partition coefficient (Wildman–Crippen LogP) is 0.448. The molecule has 13 heavy (non-hydrogen) atoms. The number of nitrogens with zero attached hydrogens (tertiary/aromatic N) is 2. The van der Waals surface area contributed by atoms with Crippen LogP contribution in [0.4, 0.5) is 5.69 Å². The highest BCUT2D eigenvalue weighted by Gasteiger charge is 1.99. The molecule has 5 nitrogen and oxygen atoms in total. The number of nitrogens with one attached hydrogen (secondary N) is 1. The Labute approximate surface area is 85.8 Å². The summed E-state index contributed by atoms with van der Waals surface area (Å²) in [4.78, 5) is 15.1. The molecule has 0 saturated heterocycles. The molecule has 0 saturated carbocycles. The number of aromatic amines is 1. The fourth-order valence-electron chi connectivity index (χ4n) is 0.910. The van der Waals surface area contributed by atoms with Gasteiger partial charge in [0.15, 0.2) is 5.65 Å². The molecular formula is C6H8Cl2N4O. The first-order valence-electron chi connectivity index (χ1n) is 3.09.